The first-order valence-corrected chi connectivity index (χ1v) is 8.26. The van der Waals surface area contributed by atoms with Crippen molar-refractivity contribution in [1.82, 2.24) is 5.32 Å². The summed E-state index contributed by atoms with van der Waals surface area (Å²) >= 11 is 0. The molecular weight excluding hydrogens is 316 g/mol. The number of nitrogens with zero attached hydrogens (tertiary/aromatic N) is 1. The number of benzene rings is 2. The molecule has 0 heterocycles. The highest BCUT2D eigenvalue weighted by Gasteiger charge is 2.04. The van der Waals surface area contributed by atoms with Crippen LogP contribution in [-0.2, 0) is 6.54 Å². The molecule has 0 fully saturated rings. The molecule has 0 aliphatic carbocycles. The molecule has 25 heavy (non-hydrogen) atoms. The first-order valence-electron chi connectivity index (χ1n) is 8.26. The fraction of sp³-hybridized carbons (Fsp3) is 0.316. The first-order chi connectivity index (χ1) is 12.2. The van der Waals surface area contributed by atoms with E-state index in [1.165, 1.54) is 0 Å². The summed E-state index contributed by atoms with van der Waals surface area (Å²) in [5.74, 6) is 1.83. The van der Waals surface area contributed by atoms with Gasteiger partial charge in [-0.3, -0.25) is 0 Å². The van der Waals surface area contributed by atoms with E-state index in [1.54, 1.807) is 14.2 Å². The van der Waals surface area contributed by atoms with Gasteiger partial charge in [0.15, 0.2) is 17.5 Å². The highest BCUT2D eigenvalue weighted by Crippen LogP contribution is 2.27. The number of hydrogen-bond donors (Lipinski definition) is 3. The third-order valence-corrected chi connectivity index (χ3v) is 3.64. The highest BCUT2D eigenvalue weighted by molar-refractivity contribution is 5.77. The van der Waals surface area contributed by atoms with Crippen molar-refractivity contribution in [3.8, 4) is 11.5 Å². The van der Waals surface area contributed by atoms with Crippen LogP contribution in [0.5, 0.6) is 11.5 Å². The molecule has 2 aromatic rings. The Morgan fingerprint density at radius 2 is 1.76 bits per heavy atom. The van der Waals surface area contributed by atoms with Crippen LogP contribution in [0.4, 0.5) is 5.69 Å². The fourth-order valence-corrected chi connectivity index (χ4v) is 2.30. The summed E-state index contributed by atoms with van der Waals surface area (Å²) in [5.41, 5.74) is 8.03. The predicted molar refractivity (Wildman–Crippen MR) is 102 cm³/mol. The maximum absolute atomic E-state index is 5.90. The molecular formula is C19H26N4O2. The Bertz CT molecular complexity index is 674. The molecule has 134 valence electrons. The number of nitrogens with one attached hydrogen (secondary N) is 2. The van der Waals surface area contributed by atoms with E-state index >= 15 is 0 Å². The van der Waals surface area contributed by atoms with E-state index in [9.17, 15) is 0 Å². The van der Waals surface area contributed by atoms with Gasteiger partial charge in [0, 0.05) is 18.8 Å². The molecule has 0 spiro atoms. The molecule has 0 radical (unpaired) electrons. The molecule has 0 unspecified atom stereocenters. The van der Waals surface area contributed by atoms with Gasteiger partial charge < -0.3 is 25.8 Å². The van der Waals surface area contributed by atoms with Crippen molar-refractivity contribution >= 4 is 11.6 Å². The zero-order valence-corrected chi connectivity index (χ0v) is 14.8. The average molecular weight is 342 g/mol. The van der Waals surface area contributed by atoms with Crippen molar-refractivity contribution in [3.63, 3.8) is 0 Å². The van der Waals surface area contributed by atoms with Crippen molar-refractivity contribution in [3.05, 3.63) is 54.1 Å². The molecule has 0 aromatic heterocycles. The number of aliphatic imine (C=N–C) groups is 1. The van der Waals surface area contributed by atoms with Gasteiger partial charge in [0.2, 0.25) is 0 Å². The molecule has 0 bridgehead atoms. The fourth-order valence-electron chi connectivity index (χ4n) is 2.30. The highest BCUT2D eigenvalue weighted by atomic mass is 16.5. The Morgan fingerprint density at radius 1 is 1.00 bits per heavy atom. The molecule has 2 aromatic carbocycles. The minimum Gasteiger partial charge on any atom is -0.493 e. The maximum atomic E-state index is 5.90. The number of hydrogen-bond acceptors (Lipinski definition) is 4. The van der Waals surface area contributed by atoms with Crippen molar-refractivity contribution in [2.24, 2.45) is 10.7 Å². The van der Waals surface area contributed by atoms with Crippen LogP contribution in [0.1, 0.15) is 12.0 Å². The number of rotatable bonds is 9. The molecule has 0 saturated carbocycles. The van der Waals surface area contributed by atoms with Crippen LogP contribution in [0, 0.1) is 0 Å². The Morgan fingerprint density at radius 3 is 2.48 bits per heavy atom. The largest absolute Gasteiger partial charge is 0.493 e. The van der Waals surface area contributed by atoms with Gasteiger partial charge in [0.1, 0.15) is 0 Å². The Kier molecular flexibility index (Phi) is 7.43. The van der Waals surface area contributed by atoms with Crippen LogP contribution in [0.15, 0.2) is 53.5 Å². The van der Waals surface area contributed by atoms with Gasteiger partial charge in [-0.05, 0) is 36.2 Å². The smallest absolute Gasteiger partial charge is 0.188 e. The third kappa shape index (κ3) is 6.25. The summed E-state index contributed by atoms with van der Waals surface area (Å²) in [6.45, 7) is 2.13. The van der Waals surface area contributed by atoms with Gasteiger partial charge in [0.05, 0.1) is 20.8 Å². The lowest BCUT2D eigenvalue weighted by Crippen LogP contribution is -2.33. The second-order valence-electron chi connectivity index (χ2n) is 5.46. The summed E-state index contributed by atoms with van der Waals surface area (Å²) in [6.07, 6.45) is 0.946. The van der Waals surface area contributed by atoms with Crippen LogP contribution >= 0.6 is 0 Å². The Labute approximate surface area is 149 Å². The standard InChI is InChI=1S/C19H26N4O2/c1-24-17-10-9-15(13-18(17)25-2)14-23-19(20)22-12-6-11-21-16-7-4-3-5-8-16/h3-5,7-10,13,21H,6,11-12,14H2,1-2H3,(H3,20,22,23). The van der Waals surface area contributed by atoms with E-state index in [4.69, 9.17) is 15.2 Å². The Balaban J connectivity index is 1.71. The molecule has 0 saturated heterocycles. The van der Waals surface area contributed by atoms with E-state index in [0.717, 1.165) is 30.8 Å². The summed E-state index contributed by atoms with van der Waals surface area (Å²) < 4.78 is 10.5. The number of nitrogens with two attached hydrogens (primary N) is 1. The van der Waals surface area contributed by atoms with Crippen molar-refractivity contribution in [2.75, 3.05) is 32.6 Å². The van der Waals surface area contributed by atoms with Crippen LogP contribution in [0.2, 0.25) is 0 Å². The van der Waals surface area contributed by atoms with Gasteiger partial charge in [-0.15, -0.1) is 0 Å². The van der Waals surface area contributed by atoms with Crippen LogP contribution in [0.3, 0.4) is 0 Å². The number of guanidine groups is 1. The molecule has 0 atom stereocenters. The second-order valence-corrected chi connectivity index (χ2v) is 5.46. The summed E-state index contributed by atoms with van der Waals surface area (Å²) in [7, 11) is 3.23. The quantitative estimate of drug-likeness (QED) is 0.371. The van der Waals surface area contributed by atoms with E-state index in [0.29, 0.717) is 24.0 Å². The van der Waals surface area contributed by atoms with Crippen molar-refractivity contribution in [1.29, 1.82) is 0 Å². The van der Waals surface area contributed by atoms with Crippen LogP contribution in [0.25, 0.3) is 0 Å². The zero-order valence-electron chi connectivity index (χ0n) is 14.8. The van der Waals surface area contributed by atoms with E-state index in [1.807, 2.05) is 48.5 Å². The minimum absolute atomic E-state index is 0.439. The molecule has 0 amide bonds. The van der Waals surface area contributed by atoms with Gasteiger partial charge in [-0.2, -0.15) is 0 Å². The second kappa shape index (κ2) is 10.1. The summed E-state index contributed by atoms with van der Waals surface area (Å²) in [6, 6.07) is 15.8. The topological polar surface area (TPSA) is 80.9 Å². The molecule has 0 aliphatic rings. The zero-order chi connectivity index (χ0) is 17.9. The molecule has 6 nitrogen and oxygen atoms in total. The third-order valence-electron chi connectivity index (χ3n) is 3.64. The predicted octanol–water partition coefficient (Wildman–Crippen LogP) is 2.61. The normalized spacial score (nSPS) is 11.0. The van der Waals surface area contributed by atoms with E-state index < -0.39 is 0 Å². The van der Waals surface area contributed by atoms with Crippen molar-refractivity contribution in [2.45, 2.75) is 13.0 Å². The monoisotopic (exact) mass is 342 g/mol. The molecule has 4 N–H and O–H groups in total. The van der Waals surface area contributed by atoms with Gasteiger partial charge in [-0.25, -0.2) is 4.99 Å². The number of ether oxygens (including phenoxy) is 2. The SMILES string of the molecule is COc1ccc(CN=C(N)NCCCNc2ccccc2)cc1OC. The lowest BCUT2D eigenvalue weighted by molar-refractivity contribution is 0.354. The number of methoxy groups -OCH3 is 2. The minimum atomic E-state index is 0.439. The van der Waals surface area contributed by atoms with Crippen LogP contribution < -0.4 is 25.8 Å². The van der Waals surface area contributed by atoms with Crippen molar-refractivity contribution < 1.29 is 9.47 Å². The molecule has 6 heteroatoms. The van der Waals surface area contributed by atoms with Gasteiger partial charge >= 0.3 is 0 Å². The number of para-hydroxylation sites is 1. The Hall–Kier alpha value is -2.89. The molecule has 2 rings (SSSR count). The first kappa shape index (κ1) is 18.4. The van der Waals surface area contributed by atoms with E-state index in [2.05, 4.69) is 15.6 Å². The summed E-state index contributed by atoms with van der Waals surface area (Å²) in [4.78, 5) is 4.35. The van der Waals surface area contributed by atoms with Crippen LogP contribution in [-0.4, -0.2) is 33.3 Å². The lowest BCUT2D eigenvalue weighted by Gasteiger charge is -2.09. The molecule has 0 aliphatic heterocycles. The maximum Gasteiger partial charge on any atom is 0.188 e. The van der Waals surface area contributed by atoms with E-state index in [-0.39, 0.29) is 0 Å². The van der Waals surface area contributed by atoms with Gasteiger partial charge in [-0.1, -0.05) is 24.3 Å². The van der Waals surface area contributed by atoms with Gasteiger partial charge in [0.25, 0.3) is 0 Å². The average Bonchev–Trinajstić information content (AvgIpc) is 2.66. The lowest BCUT2D eigenvalue weighted by atomic mass is 10.2. The summed E-state index contributed by atoms with van der Waals surface area (Å²) in [5, 5.41) is 6.48. The number of anilines is 1.